The van der Waals surface area contributed by atoms with Gasteiger partial charge >= 0.3 is 0 Å². The molecule has 2 aromatic carbocycles. The summed E-state index contributed by atoms with van der Waals surface area (Å²) in [5, 5.41) is 0. The van der Waals surface area contributed by atoms with Crippen molar-refractivity contribution in [1.29, 1.82) is 0 Å². The molecule has 0 bridgehead atoms. The molecule has 0 amide bonds. The molecule has 3 heterocycles. The Morgan fingerprint density at radius 1 is 0.812 bits per heavy atom. The molecule has 0 spiro atoms. The van der Waals surface area contributed by atoms with E-state index < -0.39 is 0 Å². The standard InChI is InChI=1S/C27H28N4O/c1-21-9-8-14-25-28-24(19-26(32)31(21)25)20-29-15-17-30(18-16-29)27(22-10-4-2-5-11-22)23-12-6-3-7-13-23/h2-14,19,27H,15-18,20H2,1H3. The van der Waals surface area contributed by atoms with E-state index in [2.05, 4.69) is 70.5 Å². The Labute approximate surface area is 188 Å². The summed E-state index contributed by atoms with van der Waals surface area (Å²) < 4.78 is 1.67. The summed E-state index contributed by atoms with van der Waals surface area (Å²) in [5.41, 5.74) is 5.12. The molecule has 0 unspecified atom stereocenters. The molecule has 2 aromatic heterocycles. The van der Waals surface area contributed by atoms with Crippen LogP contribution in [0.15, 0.2) is 89.7 Å². The van der Waals surface area contributed by atoms with Gasteiger partial charge in [0, 0.05) is 44.5 Å². The van der Waals surface area contributed by atoms with Gasteiger partial charge < -0.3 is 0 Å². The summed E-state index contributed by atoms with van der Waals surface area (Å²) in [5.74, 6) is 0. The SMILES string of the molecule is Cc1cccc2nc(CN3CCN(C(c4ccccc4)c4ccccc4)CC3)cc(=O)n12. The average Bonchev–Trinajstić information content (AvgIpc) is 2.82. The van der Waals surface area contributed by atoms with Crippen LogP contribution in [0.2, 0.25) is 0 Å². The number of piperazine rings is 1. The molecule has 5 rings (SSSR count). The molecule has 1 aliphatic heterocycles. The lowest BCUT2D eigenvalue weighted by molar-refractivity contribution is 0.104. The first-order chi connectivity index (χ1) is 15.7. The van der Waals surface area contributed by atoms with Crippen molar-refractivity contribution in [3.05, 3.63) is 118 Å². The first-order valence-corrected chi connectivity index (χ1v) is 11.2. The molecule has 162 valence electrons. The van der Waals surface area contributed by atoms with Crippen molar-refractivity contribution in [3.8, 4) is 0 Å². The van der Waals surface area contributed by atoms with Crippen LogP contribution in [-0.4, -0.2) is 45.4 Å². The van der Waals surface area contributed by atoms with Gasteiger partial charge in [0.2, 0.25) is 0 Å². The lowest BCUT2D eigenvalue weighted by Gasteiger charge is -2.39. The predicted octanol–water partition coefficient (Wildman–Crippen LogP) is 3.91. The van der Waals surface area contributed by atoms with E-state index in [9.17, 15) is 4.79 Å². The Kier molecular flexibility index (Phi) is 5.84. The van der Waals surface area contributed by atoms with Crippen LogP contribution in [0, 0.1) is 6.92 Å². The highest BCUT2D eigenvalue weighted by Gasteiger charge is 2.26. The van der Waals surface area contributed by atoms with Crippen molar-refractivity contribution in [2.24, 2.45) is 0 Å². The highest BCUT2D eigenvalue weighted by Crippen LogP contribution is 2.29. The van der Waals surface area contributed by atoms with Crippen molar-refractivity contribution in [2.75, 3.05) is 26.2 Å². The van der Waals surface area contributed by atoms with E-state index in [0.29, 0.717) is 6.54 Å². The minimum atomic E-state index is -0.00467. The average molecular weight is 425 g/mol. The number of benzene rings is 2. The van der Waals surface area contributed by atoms with E-state index in [0.717, 1.165) is 43.2 Å². The first kappa shape index (κ1) is 20.6. The zero-order valence-electron chi connectivity index (χ0n) is 18.4. The van der Waals surface area contributed by atoms with Gasteiger partial charge in [0.15, 0.2) is 0 Å². The highest BCUT2D eigenvalue weighted by atomic mass is 16.1. The predicted molar refractivity (Wildman–Crippen MR) is 128 cm³/mol. The van der Waals surface area contributed by atoms with Crippen molar-refractivity contribution < 1.29 is 0 Å². The van der Waals surface area contributed by atoms with Crippen LogP contribution in [0.1, 0.15) is 28.6 Å². The third kappa shape index (κ3) is 4.22. The number of hydrogen-bond donors (Lipinski definition) is 0. The maximum Gasteiger partial charge on any atom is 0.258 e. The highest BCUT2D eigenvalue weighted by molar-refractivity contribution is 5.40. The van der Waals surface area contributed by atoms with Crippen LogP contribution in [0.5, 0.6) is 0 Å². The Morgan fingerprint density at radius 3 is 2.06 bits per heavy atom. The number of aryl methyl sites for hydroxylation is 1. The van der Waals surface area contributed by atoms with Crippen LogP contribution in [0.4, 0.5) is 0 Å². The van der Waals surface area contributed by atoms with Crippen LogP contribution < -0.4 is 5.56 Å². The second-order valence-electron chi connectivity index (χ2n) is 8.48. The van der Waals surface area contributed by atoms with Gasteiger partial charge in [0.1, 0.15) is 5.65 Å². The van der Waals surface area contributed by atoms with Crippen LogP contribution in [0.25, 0.3) is 5.65 Å². The third-order valence-electron chi connectivity index (χ3n) is 6.32. The van der Waals surface area contributed by atoms with E-state index in [1.807, 2.05) is 25.1 Å². The number of hydrogen-bond acceptors (Lipinski definition) is 4. The molecule has 4 aromatic rings. The fourth-order valence-corrected chi connectivity index (χ4v) is 4.74. The maximum atomic E-state index is 12.6. The summed E-state index contributed by atoms with van der Waals surface area (Å²) in [6.45, 7) is 6.48. The Bertz CT molecular complexity index is 1210. The molecule has 1 aliphatic rings. The van der Waals surface area contributed by atoms with Gasteiger partial charge in [-0.05, 0) is 30.2 Å². The fraction of sp³-hybridized carbons (Fsp3) is 0.259. The second-order valence-corrected chi connectivity index (χ2v) is 8.48. The molecule has 0 radical (unpaired) electrons. The number of rotatable bonds is 5. The Morgan fingerprint density at radius 2 is 1.44 bits per heavy atom. The van der Waals surface area contributed by atoms with Gasteiger partial charge in [-0.3, -0.25) is 19.0 Å². The van der Waals surface area contributed by atoms with Crippen molar-refractivity contribution in [1.82, 2.24) is 19.2 Å². The van der Waals surface area contributed by atoms with Gasteiger partial charge in [0.05, 0.1) is 11.7 Å². The van der Waals surface area contributed by atoms with E-state index in [1.54, 1.807) is 10.5 Å². The van der Waals surface area contributed by atoms with E-state index in [1.165, 1.54) is 11.1 Å². The normalized spacial score (nSPS) is 15.4. The van der Waals surface area contributed by atoms with Crippen LogP contribution in [0.3, 0.4) is 0 Å². The Balaban J connectivity index is 1.32. The number of aromatic nitrogens is 2. The summed E-state index contributed by atoms with van der Waals surface area (Å²) in [6, 6.07) is 29.2. The van der Waals surface area contributed by atoms with Gasteiger partial charge in [-0.1, -0.05) is 66.7 Å². The first-order valence-electron chi connectivity index (χ1n) is 11.2. The fourth-order valence-electron chi connectivity index (χ4n) is 4.74. The zero-order valence-corrected chi connectivity index (χ0v) is 18.4. The van der Waals surface area contributed by atoms with Crippen molar-refractivity contribution in [3.63, 3.8) is 0 Å². The quantitative estimate of drug-likeness (QED) is 0.487. The van der Waals surface area contributed by atoms with E-state index in [4.69, 9.17) is 4.98 Å². The molecule has 0 saturated carbocycles. The zero-order chi connectivity index (χ0) is 21.9. The Hall–Kier alpha value is -3.28. The third-order valence-corrected chi connectivity index (χ3v) is 6.32. The summed E-state index contributed by atoms with van der Waals surface area (Å²) in [7, 11) is 0. The number of pyridine rings is 1. The summed E-state index contributed by atoms with van der Waals surface area (Å²) >= 11 is 0. The van der Waals surface area contributed by atoms with Gasteiger partial charge in [-0.25, -0.2) is 4.98 Å². The minimum Gasteiger partial charge on any atom is -0.295 e. The van der Waals surface area contributed by atoms with E-state index in [-0.39, 0.29) is 11.6 Å². The van der Waals surface area contributed by atoms with Gasteiger partial charge in [0.25, 0.3) is 5.56 Å². The monoisotopic (exact) mass is 424 g/mol. The molecule has 0 N–H and O–H groups in total. The second kappa shape index (κ2) is 9.07. The molecule has 1 fully saturated rings. The molecule has 0 atom stereocenters. The molecule has 5 heteroatoms. The minimum absolute atomic E-state index is 0.00467. The smallest absolute Gasteiger partial charge is 0.258 e. The summed E-state index contributed by atoms with van der Waals surface area (Å²) in [6.07, 6.45) is 0. The summed E-state index contributed by atoms with van der Waals surface area (Å²) in [4.78, 5) is 22.3. The molecule has 5 nitrogen and oxygen atoms in total. The molecule has 0 aliphatic carbocycles. The lowest BCUT2D eigenvalue weighted by atomic mass is 9.96. The van der Waals surface area contributed by atoms with Gasteiger partial charge in [-0.2, -0.15) is 0 Å². The van der Waals surface area contributed by atoms with Crippen LogP contribution >= 0.6 is 0 Å². The maximum absolute atomic E-state index is 12.6. The topological polar surface area (TPSA) is 40.9 Å². The molecular weight excluding hydrogens is 396 g/mol. The molecular formula is C27H28N4O. The van der Waals surface area contributed by atoms with E-state index >= 15 is 0 Å². The number of nitrogens with zero attached hydrogens (tertiary/aromatic N) is 4. The lowest BCUT2D eigenvalue weighted by Crippen LogP contribution is -2.47. The van der Waals surface area contributed by atoms with Crippen LogP contribution in [-0.2, 0) is 6.54 Å². The van der Waals surface area contributed by atoms with Crippen molar-refractivity contribution in [2.45, 2.75) is 19.5 Å². The molecule has 1 saturated heterocycles. The van der Waals surface area contributed by atoms with Crippen molar-refractivity contribution >= 4 is 5.65 Å². The largest absolute Gasteiger partial charge is 0.295 e. The molecule has 32 heavy (non-hydrogen) atoms. The van der Waals surface area contributed by atoms with Gasteiger partial charge in [-0.15, -0.1) is 0 Å². The number of fused-ring (bicyclic) bond motifs is 1.